The number of benzene rings is 2. The first-order chi connectivity index (χ1) is 21.4. The first-order valence-corrected chi connectivity index (χ1v) is 15.0. The van der Waals surface area contributed by atoms with E-state index in [0.29, 0.717) is 81.5 Å². The molecule has 0 atom stereocenters. The number of nitrogens with zero attached hydrogens (tertiary/aromatic N) is 6. The van der Waals surface area contributed by atoms with Crippen LogP contribution in [0.2, 0.25) is 0 Å². The zero-order chi connectivity index (χ0) is 30.5. The second kappa shape index (κ2) is 13.4. The number of morpholine rings is 2. The summed E-state index contributed by atoms with van der Waals surface area (Å²) in [6, 6.07) is 14.4. The van der Waals surface area contributed by atoms with Gasteiger partial charge in [0.2, 0.25) is 17.8 Å². The molecule has 0 radical (unpaired) electrons. The van der Waals surface area contributed by atoms with Gasteiger partial charge in [0.05, 0.1) is 31.3 Å². The SMILES string of the molecule is Cc1ccc(NC(=O)CN2C(=O)S/C(=C\c3ccc(Oc4nc(N5CCOCC5)nc(N5CCOCC5)n4)cc3)C2=O)cc1. The molecule has 3 aliphatic rings. The van der Waals surface area contributed by atoms with Gasteiger partial charge in [0.1, 0.15) is 12.3 Å². The minimum Gasteiger partial charge on any atom is -0.424 e. The number of hydrogen-bond donors (Lipinski definition) is 1. The van der Waals surface area contributed by atoms with E-state index in [4.69, 9.17) is 19.2 Å². The first kappa shape index (κ1) is 29.5. The molecule has 0 bridgehead atoms. The van der Waals surface area contributed by atoms with E-state index in [1.807, 2.05) is 28.9 Å². The number of carbonyl (C=O) groups is 3. The third-order valence-electron chi connectivity index (χ3n) is 7.08. The summed E-state index contributed by atoms with van der Waals surface area (Å²) in [7, 11) is 0. The molecule has 3 saturated heterocycles. The van der Waals surface area contributed by atoms with Gasteiger partial charge in [-0.25, -0.2) is 0 Å². The molecule has 14 heteroatoms. The highest BCUT2D eigenvalue weighted by molar-refractivity contribution is 8.18. The van der Waals surface area contributed by atoms with Crippen LogP contribution in [0.5, 0.6) is 11.8 Å². The molecule has 0 aliphatic carbocycles. The molecule has 0 spiro atoms. The Bertz CT molecular complexity index is 1520. The van der Waals surface area contributed by atoms with Crippen LogP contribution in [-0.4, -0.2) is 96.1 Å². The molecule has 0 saturated carbocycles. The topological polar surface area (TPSA) is 139 Å². The van der Waals surface area contributed by atoms with Crippen molar-refractivity contribution in [3.8, 4) is 11.8 Å². The maximum atomic E-state index is 13.0. The lowest BCUT2D eigenvalue weighted by Gasteiger charge is -2.30. The largest absolute Gasteiger partial charge is 0.424 e. The summed E-state index contributed by atoms with van der Waals surface area (Å²) in [5.41, 5.74) is 2.34. The van der Waals surface area contributed by atoms with E-state index >= 15 is 0 Å². The fourth-order valence-corrected chi connectivity index (χ4v) is 5.54. The van der Waals surface area contributed by atoms with Crippen molar-refractivity contribution in [3.63, 3.8) is 0 Å². The van der Waals surface area contributed by atoms with Gasteiger partial charge >= 0.3 is 6.01 Å². The predicted octanol–water partition coefficient (Wildman–Crippen LogP) is 3.32. The fraction of sp³-hybridized carbons (Fsp3) is 0.333. The van der Waals surface area contributed by atoms with Crippen LogP contribution in [0.4, 0.5) is 22.4 Å². The first-order valence-electron chi connectivity index (χ1n) is 14.2. The minimum atomic E-state index is -0.518. The molecule has 13 nitrogen and oxygen atoms in total. The van der Waals surface area contributed by atoms with E-state index in [1.54, 1.807) is 42.5 Å². The monoisotopic (exact) mass is 617 g/mol. The third kappa shape index (κ3) is 7.15. The Morgan fingerprint density at radius 2 is 1.48 bits per heavy atom. The number of aryl methyl sites for hydroxylation is 1. The van der Waals surface area contributed by atoms with Crippen molar-refractivity contribution < 1.29 is 28.6 Å². The second-order valence-corrected chi connectivity index (χ2v) is 11.3. The molecule has 3 fully saturated rings. The van der Waals surface area contributed by atoms with Crippen molar-refractivity contribution in [2.24, 2.45) is 0 Å². The molecule has 3 aromatic rings. The molecule has 0 unspecified atom stereocenters. The number of carbonyl (C=O) groups excluding carboxylic acids is 3. The number of imide groups is 1. The summed E-state index contributed by atoms with van der Waals surface area (Å²) >= 11 is 0.797. The van der Waals surface area contributed by atoms with Gasteiger partial charge in [-0.1, -0.05) is 29.8 Å². The van der Waals surface area contributed by atoms with Crippen LogP contribution in [0.1, 0.15) is 11.1 Å². The summed E-state index contributed by atoms with van der Waals surface area (Å²) in [4.78, 5) is 57.1. The van der Waals surface area contributed by atoms with Gasteiger partial charge in [0.25, 0.3) is 11.1 Å². The van der Waals surface area contributed by atoms with Crippen molar-refractivity contribution in [3.05, 3.63) is 64.6 Å². The lowest BCUT2D eigenvalue weighted by molar-refractivity contribution is -0.127. The number of anilines is 3. The standard InChI is InChI=1S/C30H31N7O6S/c1-20-2-6-22(7-3-20)31-25(38)19-37-26(39)24(44-30(37)40)18-21-4-8-23(9-5-21)43-29-33-27(35-10-14-41-15-11-35)32-28(34-29)36-12-16-42-17-13-36/h2-9,18H,10-17,19H2,1H3,(H,31,38)/b24-18-. The predicted molar refractivity (Wildman–Crippen MR) is 165 cm³/mol. The van der Waals surface area contributed by atoms with Gasteiger partial charge in [-0.2, -0.15) is 15.0 Å². The van der Waals surface area contributed by atoms with Crippen LogP contribution >= 0.6 is 11.8 Å². The van der Waals surface area contributed by atoms with Crippen LogP contribution in [0, 0.1) is 6.92 Å². The number of nitrogens with one attached hydrogen (secondary N) is 1. The van der Waals surface area contributed by atoms with E-state index in [9.17, 15) is 14.4 Å². The summed E-state index contributed by atoms with van der Waals surface area (Å²) in [5.74, 6) is 0.580. The van der Waals surface area contributed by atoms with Crippen LogP contribution in [0.3, 0.4) is 0 Å². The zero-order valence-electron chi connectivity index (χ0n) is 24.1. The number of rotatable bonds is 8. The van der Waals surface area contributed by atoms with Gasteiger partial charge in [0, 0.05) is 31.9 Å². The van der Waals surface area contributed by atoms with Gasteiger partial charge in [-0.05, 0) is 54.6 Å². The van der Waals surface area contributed by atoms with Crippen LogP contribution < -0.4 is 19.9 Å². The molecule has 2 aromatic carbocycles. The average molecular weight is 618 g/mol. The molecule has 1 N–H and O–H groups in total. The van der Waals surface area contributed by atoms with E-state index in [0.717, 1.165) is 22.2 Å². The Morgan fingerprint density at radius 3 is 2.07 bits per heavy atom. The quantitative estimate of drug-likeness (QED) is 0.371. The number of thioether (sulfide) groups is 1. The lowest BCUT2D eigenvalue weighted by Crippen LogP contribution is -2.40. The van der Waals surface area contributed by atoms with Crippen molar-refractivity contribution in [2.75, 3.05) is 74.3 Å². The van der Waals surface area contributed by atoms with Crippen LogP contribution in [-0.2, 0) is 19.1 Å². The maximum Gasteiger partial charge on any atom is 0.328 e. The Labute approximate surface area is 258 Å². The highest BCUT2D eigenvalue weighted by Crippen LogP contribution is 2.33. The van der Waals surface area contributed by atoms with Crippen LogP contribution in [0.15, 0.2) is 53.4 Å². The molecule has 6 rings (SSSR count). The normalized spacial score (nSPS) is 18.2. The fourth-order valence-electron chi connectivity index (χ4n) is 4.70. The van der Waals surface area contributed by atoms with Crippen molar-refractivity contribution in [1.29, 1.82) is 0 Å². The molecule has 4 heterocycles. The van der Waals surface area contributed by atoms with Crippen molar-refractivity contribution in [2.45, 2.75) is 6.92 Å². The number of amides is 3. The molecule has 44 heavy (non-hydrogen) atoms. The average Bonchev–Trinajstić information content (AvgIpc) is 3.31. The molecule has 1 aromatic heterocycles. The Hall–Kier alpha value is -4.53. The molecule has 3 amide bonds. The Balaban J connectivity index is 1.12. The van der Waals surface area contributed by atoms with Gasteiger partial charge in [-0.15, -0.1) is 0 Å². The maximum absolute atomic E-state index is 13.0. The number of aromatic nitrogens is 3. The van der Waals surface area contributed by atoms with Crippen LogP contribution in [0.25, 0.3) is 6.08 Å². The highest BCUT2D eigenvalue weighted by Gasteiger charge is 2.36. The van der Waals surface area contributed by atoms with E-state index in [1.165, 1.54) is 0 Å². The second-order valence-electron chi connectivity index (χ2n) is 10.3. The summed E-state index contributed by atoms with van der Waals surface area (Å²) < 4.78 is 17.0. The molecule has 3 aliphatic heterocycles. The van der Waals surface area contributed by atoms with Crippen molar-refractivity contribution >= 4 is 52.5 Å². The summed E-state index contributed by atoms with van der Waals surface area (Å²) in [5, 5.41) is 2.22. The highest BCUT2D eigenvalue weighted by atomic mass is 32.2. The summed E-state index contributed by atoms with van der Waals surface area (Å²) in [6.45, 7) is 6.63. The Kier molecular flexibility index (Phi) is 9.00. The summed E-state index contributed by atoms with van der Waals surface area (Å²) in [6.07, 6.45) is 1.61. The minimum absolute atomic E-state index is 0.167. The van der Waals surface area contributed by atoms with Gasteiger partial charge in [-0.3, -0.25) is 19.3 Å². The van der Waals surface area contributed by atoms with E-state index in [-0.39, 0.29) is 17.5 Å². The van der Waals surface area contributed by atoms with Gasteiger partial charge < -0.3 is 29.3 Å². The van der Waals surface area contributed by atoms with E-state index in [2.05, 4.69) is 15.3 Å². The lowest BCUT2D eigenvalue weighted by atomic mass is 10.2. The smallest absolute Gasteiger partial charge is 0.328 e. The van der Waals surface area contributed by atoms with Gasteiger partial charge in [0.15, 0.2) is 0 Å². The molecular formula is C30H31N7O6S. The molecular weight excluding hydrogens is 586 g/mol. The molecule has 228 valence electrons. The van der Waals surface area contributed by atoms with Crippen molar-refractivity contribution in [1.82, 2.24) is 19.9 Å². The third-order valence-corrected chi connectivity index (χ3v) is 7.98. The Morgan fingerprint density at radius 1 is 0.886 bits per heavy atom. The van der Waals surface area contributed by atoms with E-state index < -0.39 is 17.1 Å². The zero-order valence-corrected chi connectivity index (χ0v) is 24.9. The number of ether oxygens (including phenoxy) is 3. The number of hydrogen-bond acceptors (Lipinski definition) is 12.